The summed E-state index contributed by atoms with van der Waals surface area (Å²) >= 11 is 6.33. The van der Waals surface area contributed by atoms with Crippen molar-refractivity contribution in [2.75, 3.05) is 0 Å². The van der Waals surface area contributed by atoms with Gasteiger partial charge in [0.25, 0.3) is 0 Å². The summed E-state index contributed by atoms with van der Waals surface area (Å²) in [4.78, 5) is 0. The van der Waals surface area contributed by atoms with E-state index < -0.39 is 0 Å². The summed E-state index contributed by atoms with van der Waals surface area (Å²) in [6, 6.07) is 4.30. The second-order valence-electron chi connectivity index (χ2n) is 5.03. The Labute approximate surface area is 116 Å². The Kier molecular flexibility index (Phi) is 5.68. The van der Waals surface area contributed by atoms with E-state index >= 15 is 0 Å². The molecule has 1 atom stereocenters. The molecule has 0 aliphatic heterocycles. The number of allylic oxidation sites excluding steroid dienone is 2. The van der Waals surface area contributed by atoms with Crippen LogP contribution < -0.4 is 10.4 Å². The maximum atomic E-state index is 6.33. The van der Waals surface area contributed by atoms with Crippen molar-refractivity contribution in [2.24, 2.45) is 5.92 Å². The molecule has 0 fully saturated rings. The summed E-state index contributed by atoms with van der Waals surface area (Å²) in [6.07, 6.45) is 7.28. The highest BCUT2D eigenvalue weighted by Gasteiger charge is 1.99. The fourth-order valence-electron chi connectivity index (χ4n) is 1.93. The first kappa shape index (κ1) is 15.0. The van der Waals surface area contributed by atoms with Crippen LogP contribution in [0, 0.1) is 12.8 Å². The van der Waals surface area contributed by atoms with Gasteiger partial charge < -0.3 is 0 Å². The van der Waals surface area contributed by atoms with Crippen molar-refractivity contribution < 1.29 is 0 Å². The van der Waals surface area contributed by atoms with Crippen LogP contribution in [0.5, 0.6) is 0 Å². The van der Waals surface area contributed by atoms with Gasteiger partial charge >= 0.3 is 0 Å². The van der Waals surface area contributed by atoms with Crippen LogP contribution in [0.15, 0.2) is 24.3 Å². The zero-order chi connectivity index (χ0) is 13.7. The van der Waals surface area contributed by atoms with Crippen molar-refractivity contribution in [3.63, 3.8) is 0 Å². The van der Waals surface area contributed by atoms with Crippen molar-refractivity contribution in [3.8, 4) is 0 Å². The minimum Gasteiger partial charge on any atom is -0.114 e. The molecule has 0 aliphatic rings. The van der Waals surface area contributed by atoms with Crippen LogP contribution in [-0.2, 0) is 6.42 Å². The molecule has 0 aliphatic carbocycles. The van der Waals surface area contributed by atoms with Crippen LogP contribution in [0.2, 0.25) is 0 Å². The van der Waals surface area contributed by atoms with Crippen LogP contribution in [-0.4, -0.2) is 5.38 Å². The highest BCUT2D eigenvalue weighted by Crippen LogP contribution is 2.04. The highest BCUT2D eigenvalue weighted by molar-refractivity contribution is 6.25. The van der Waals surface area contributed by atoms with Crippen LogP contribution in [0.1, 0.15) is 31.9 Å². The zero-order valence-corrected chi connectivity index (χ0v) is 12.6. The van der Waals surface area contributed by atoms with Gasteiger partial charge in [0.2, 0.25) is 0 Å². The highest BCUT2D eigenvalue weighted by atomic mass is 35.5. The van der Waals surface area contributed by atoms with Gasteiger partial charge in [0, 0.05) is 0 Å². The van der Waals surface area contributed by atoms with E-state index in [0.717, 1.165) is 11.6 Å². The van der Waals surface area contributed by atoms with Gasteiger partial charge in [-0.05, 0) is 40.8 Å². The first-order chi connectivity index (χ1) is 8.45. The molecule has 0 spiro atoms. The van der Waals surface area contributed by atoms with Crippen LogP contribution in [0.3, 0.4) is 0 Å². The monoisotopic (exact) mass is 262 g/mol. The third kappa shape index (κ3) is 4.03. The third-order valence-corrected chi connectivity index (χ3v) is 3.33. The molecule has 0 aromatic heterocycles. The number of hydrogen-bond acceptors (Lipinski definition) is 0. The average Bonchev–Trinajstić information content (AvgIpc) is 2.32. The van der Waals surface area contributed by atoms with Crippen molar-refractivity contribution in [1.82, 2.24) is 0 Å². The van der Waals surface area contributed by atoms with Gasteiger partial charge in [-0.2, -0.15) is 0 Å². The van der Waals surface area contributed by atoms with Gasteiger partial charge in [-0.25, -0.2) is 0 Å². The summed E-state index contributed by atoms with van der Waals surface area (Å²) in [5, 5.41) is 2.22. The van der Waals surface area contributed by atoms with Gasteiger partial charge in [0.15, 0.2) is 0 Å². The second-order valence-corrected chi connectivity index (χ2v) is 5.53. The number of benzene rings is 1. The van der Waals surface area contributed by atoms with Crippen LogP contribution in [0.25, 0.3) is 12.7 Å². The van der Waals surface area contributed by atoms with Gasteiger partial charge in [-0.1, -0.05) is 57.7 Å². The van der Waals surface area contributed by atoms with E-state index in [9.17, 15) is 0 Å². The van der Waals surface area contributed by atoms with Gasteiger partial charge in [0.05, 0.1) is 5.38 Å². The summed E-state index contributed by atoms with van der Waals surface area (Å²) in [6.45, 7) is 12.7. The molecule has 18 heavy (non-hydrogen) atoms. The molecule has 1 unspecified atom stereocenters. The topological polar surface area (TPSA) is 0 Å². The largest absolute Gasteiger partial charge is 0.114 e. The molecule has 98 valence electrons. The predicted molar refractivity (Wildman–Crippen MR) is 83.4 cm³/mol. The number of hydrogen-bond donors (Lipinski definition) is 0. The molecule has 0 heterocycles. The van der Waals surface area contributed by atoms with Crippen molar-refractivity contribution in [2.45, 2.75) is 39.5 Å². The first-order valence-corrected chi connectivity index (χ1v) is 7.01. The zero-order valence-electron chi connectivity index (χ0n) is 11.8. The van der Waals surface area contributed by atoms with Gasteiger partial charge in [0.1, 0.15) is 0 Å². The molecular weight excluding hydrogens is 240 g/mol. The lowest BCUT2D eigenvalue weighted by Gasteiger charge is -2.04. The molecule has 1 aromatic carbocycles. The first-order valence-electron chi connectivity index (χ1n) is 6.57. The van der Waals surface area contributed by atoms with Crippen molar-refractivity contribution >= 4 is 24.3 Å². The number of alkyl halides is 1. The SMILES string of the molecule is C=c1c(CC)ccc(C)/c1=C/C(Cl)/C=C\C(C)C. The molecule has 1 aromatic rings. The lowest BCUT2D eigenvalue weighted by Crippen LogP contribution is -2.30. The number of rotatable bonds is 4. The second kappa shape index (κ2) is 6.80. The quantitative estimate of drug-likeness (QED) is 0.575. The Morgan fingerprint density at radius 1 is 1.28 bits per heavy atom. The lowest BCUT2D eigenvalue weighted by molar-refractivity contribution is 0.829. The molecule has 1 heteroatoms. The standard InChI is InChI=1S/C17H23Cl/c1-6-15-9-8-13(4)17(14(15)5)11-16(18)10-7-12(2)3/h7-12,16H,5-6H2,1-4H3/b10-7-,17-11-. The third-order valence-electron chi connectivity index (χ3n) is 3.06. The van der Waals surface area contributed by atoms with E-state index in [1.54, 1.807) is 0 Å². The van der Waals surface area contributed by atoms with Crippen molar-refractivity contribution in [3.05, 3.63) is 45.8 Å². The Morgan fingerprint density at radius 2 is 1.94 bits per heavy atom. The lowest BCUT2D eigenvalue weighted by atomic mass is 10.0. The molecule has 0 bridgehead atoms. The number of halogens is 1. The summed E-state index contributed by atoms with van der Waals surface area (Å²) in [7, 11) is 0. The molecule has 1 rings (SSSR count). The minimum atomic E-state index is -0.0706. The molecular formula is C17H23Cl. The Balaban J connectivity index is 3.20. The van der Waals surface area contributed by atoms with Gasteiger partial charge in [-0.3, -0.25) is 0 Å². The van der Waals surface area contributed by atoms with E-state index in [1.165, 1.54) is 16.3 Å². The molecule has 0 saturated heterocycles. The Morgan fingerprint density at radius 3 is 2.50 bits per heavy atom. The van der Waals surface area contributed by atoms with E-state index in [2.05, 4.69) is 58.6 Å². The molecule has 0 amide bonds. The van der Waals surface area contributed by atoms with Crippen LogP contribution >= 0.6 is 11.6 Å². The smallest absolute Gasteiger partial charge is 0.0706 e. The Bertz CT molecular complexity index is 523. The van der Waals surface area contributed by atoms with E-state index in [0.29, 0.717) is 5.92 Å². The molecule has 0 radical (unpaired) electrons. The van der Waals surface area contributed by atoms with Crippen LogP contribution in [0.4, 0.5) is 0 Å². The maximum Gasteiger partial charge on any atom is 0.0706 e. The fraction of sp³-hybridized carbons (Fsp3) is 0.412. The number of aryl methyl sites for hydroxylation is 2. The normalized spacial score (nSPS) is 14.7. The van der Waals surface area contributed by atoms with Gasteiger partial charge in [-0.15, -0.1) is 11.6 Å². The molecule has 0 nitrogen and oxygen atoms in total. The fourth-order valence-corrected chi connectivity index (χ4v) is 2.14. The summed E-state index contributed by atoms with van der Waals surface area (Å²) in [5.74, 6) is 0.530. The minimum absolute atomic E-state index is 0.0706. The summed E-state index contributed by atoms with van der Waals surface area (Å²) in [5.41, 5.74) is 2.53. The van der Waals surface area contributed by atoms with E-state index in [4.69, 9.17) is 11.6 Å². The molecule has 0 saturated carbocycles. The maximum absolute atomic E-state index is 6.33. The van der Waals surface area contributed by atoms with E-state index in [1.807, 2.05) is 6.08 Å². The predicted octanol–water partition coefficient (Wildman–Crippen LogP) is 3.57. The average molecular weight is 263 g/mol. The molecule has 0 N–H and O–H groups in total. The van der Waals surface area contributed by atoms with Crippen molar-refractivity contribution in [1.29, 1.82) is 0 Å². The van der Waals surface area contributed by atoms with E-state index in [-0.39, 0.29) is 5.38 Å². The summed E-state index contributed by atoms with van der Waals surface area (Å²) < 4.78 is 0. The Hall–Kier alpha value is -1.01.